The van der Waals surface area contributed by atoms with Gasteiger partial charge in [-0.2, -0.15) is 0 Å². The minimum absolute atomic E-state index is 0.0538. The van der Waals surface area contributed by atoms with Crippen molar-refractivity contribution in [2.24, 2.45) is 0 Å². The Morgan fingerprint density at radius 3 is 2.62 bits per heavy atom. The van der Waals surface area contributed by atoms with Gasteiger partial charge in [0, 0.05) is 18.2 Å². The molecule has 2 aromatic rings. The van der Waals surface area contributed by atoms with E-state index in [4.69, 9.17) is 13.9 Å². The fraction of sp³-hybridized carbons (Fsp3) is 0.412. The highest BCUT2D eigenvalue weighted by atomic mass is 32.2. The average molecular weight is 379 g/mol. The third-order valence-corrected chi connectivity index (χ3v) is 5.90. The van der Waals surface area contributed by atoms with Gasteiger partial charge < -0.3 is 13.9 Å². The number of nitrogens with one attached hydrogen (secondary N) is 3. The Kier molecular flexibility index (Phi) is 4.29. The minimum atomic E-state index is -3.78. The van der Waals surface area contributed by atoms with Crippen molar-refractivity contribution in [2.45, 2.75) is 37.2 Å². The number of hydrogen-bond donors (Lipinski definition) is 3. The molecule has 2 unspecified atom stereocenters. The fourth-order valence-electron chi connectivity index (χ4n) is 3.14. The Bertz CT molecular complexity index is 924. The van der Waals surface area contributed by atoms with Gasteiger partial charge in [-0.15, -0.1) is 0 Å². The van der Waals surface area contributed by atoms with Gasteiger partial charge in [-0.1, -0.05) is 0 Å². The molecule has 0 saturated carbocycles. The summed E-state index contributed by atoms with van der Waals surface area (Å²) in [5.41, 5.74) is 6.62. The summed E-state index contributed by atoms with van der Waals surface area (Å²) in [7, 11) is -3.78. The fourth-order valence-corrected chi connectivity index (χ4v) is 4.38. The second-order valence-corrected chi connectivity index (χ2v) is 8.16. The molecular weight excluding hydrogens is 358 g/mol. The zero-order valence-electron chi connectivity index (χ0n) is 14.5. The number of hydrogen-bond acceptors (Lipinski definition) is 7. The van der Waals surface area contributed by atoms with Crippen LogP contribution in [-0.2, 0) is 10.0 Å². The van der Waals surface area contributed by atoms with Crippen molar-refractivity contribution in [3.05, 3.63) is 35.8 Å². The van der Waals surface area contributed by atoms with E-state index in [9.17, 15) is 8.42 Å². The van der Waals surface area contributed by atoms with Crippen LogP contribution in [0.2, 0.25) is 0 Å². The molecule has 8 nitrogen and oxygen atoms in total. The van der Waals surface area contributed by atoms with Crippen molar-refractivity contribution in [1.82, 2.24) is 10.9 Å². The van der Waals surface area contributed by atoms with Crippen LogP contribution in [0.15, 0.2) is 33.6 Å². The van der Waals surface area contributed by atoms with Crippen LogP contribution >= 0.6 is 0 Å². The van der Waals surface area contributed by atoms with E-state index in [1.165, 1.54) is 0 Å². The standard InChI is InChI=1S/C17H21N3O5S/c1-10-7-13(19-18-10)15-9-17(11(2)25-15)26(21,22)20-12-3-4-14-16(8-12)24-6-5-23-14/h3-4,8-10,13,18-20H,5-7H2,1-2H3. The number of anilines is 1. The van der Waals surface area contributed by atoms with E-state index in [0.717, 1.165) is 6.42 Å². The number of benzene rings is 1. The van der Waals surface area contributed by atoms with Crippen LogP contribution in [0.3, 0.4) is 0 Å². The number of sulfonamides is 1. The highest BCUT2D eigenvalue weighted by molar-refractivity contribution is 7.92. The molecule has 3 N–H and O–H groups in total. The van der Waals surface area contributed by atoms with Crippen LogP contribution < -0.4 is 25.0 Å². The van der Waals surface area contributed by atoms with Gasteiger partial charge >= 0.3 is 0 Å². The summed E-state index contributed by atoms with van der Waals surface area (Å²) >= 11 is 0. The third kappa shape index (κ3) is 3.25. The Hall–Kier alpha value is -2.23. The highest BCUT2D eigenvalue weighted by Crippen LogP contribution is 2.34. The Morgan fingerprint density at radius 1 is 1.12 bits per heavy atom. The van der Waals surface area contributed by atoms with Crippen molar-refractivity contribution in [2.75, 3.05) is 17.9 Å². The summed E-state index contributed by atoms with van der Waals surface area (Å²) in [4.78, 5) is 0.128. The van der Waals surface area contributed by atoms with Crippen molar-refractivity contribution >= 4 is 15.7 Å². The lowest BCUT2D eigenvalue weighted by Crippen LogP contribution is -2.28. The highest BCUT2D eigenvalue weighted by Gasteiger charge is 2.29. The molecule has 26 heavy (non-hydrogen) atoms. The van der Waals surface area contributed by atoms with Crippen LogP contribution in [-0.4, -0.2) is 27.7 Å². The Balaban J connectivity index is 1.58. The normalized spacial score (nSPS) is 22.4. The quantitative estimate of drug-likeness (QED) is 0.747. The van der Waals surface area contributed by atoms with Crippen molar-refractivity contribution in [3.8, 4) is 11.5 Å². The first-order valence-electron chi connectivity index (χ1n) is 8.46. The van der Waals surface area contributed by atoms with Gasteiger partial charge in [-0.3, -0.25) is 10.1 Å². The lowest BCUT2D eigenvalue weighted by Gasteiger charge is -2.19. The topological polar surface area (TPSA) is 102 Å². The van der Waals surface area contributed by atoms with E-state index in [-0.39, 0.29) is 10.9 Å². The predicted molar refractivity (Wildman–Crippen MR) is 94.8 cm³/mol. The Morgan fingerprint density at radius 2 is 1.88 bits per heavy atom. The average Bonchev–Trinajstić information content (AvgIpc) is 3.20. The first kappa shape index (κ1) is 17.2. The maximum Gasteiger partial charge on any atom is 0.265 e. The second-order valence-electron chi connectivity index (χ2n) is 6.51. The molecule has 1 aromatic carbocycles. The smallest absolute Gasteiger partial charge is 0.265 e. The van der Waals surface area contributed by atoms with E-state index in [1.807, 2.05) is 6.92 Å². The van der Waals surface area contributed by atoms with Gasteiger partial charge in [-0.25, -0.2) is 13.8 Å². The van der Waals surface area contributed by atoms with E-state index >= 15 is 0 Å². The molecule has 4 rings (SSSR count). The zero-order chi connectivity index (χ0) is 18.3. The monoisotopic (exact) mass is 379 g/mol. The molecule has 2 aliphatic heterocycles. The van der Waals surface area contributed by atoms with E-state index in [2.05, 4.69) is 15.6 Å². The molecule has 1 aromatic heterocycles. The van der Waals surface area contributed by atoms with E-state index in [1.54, 1.807) is 31.2 Å². The third-order valence-electron chi connectivity index (χ3n) is 4.41. The lowest BCUT2D eigenvalue weighted by molar-refractivity contribution is 0.171. The lowest BCUT2D eigenvalue weighted by atomic mass is 10.1. The molecule has 9 heteroatoms. The summed E-state index contributed by atoms with van der Waals surface area (Å²) in [5, 5.41) is 0. The SMILES string of the molecule is Cc1oc(C2CC(C)NN2)cc1S(=O)(=O)Nc1ccc2c(c1)OCCO2. The summed E-state index contributed by atoms with van der Waals surface area (Å²) in [6.45, 7) is 4.61. The number of hydrazine groups is 1. The number of ether oxygens (including phenoxy) is 2. The molecule has 140 valence electrons. The van der Waals surface area contributed by atoms with Gasteiger partial charge in [0.15, 0.2) is 11.5 Å². The van der Waals surface area contributed by atoms with Crippen LogP contribution in [0.1, 0.15) is 30.9 Å². The molecule has 0 radical (unpaired) electrons. The predicted octanol–water partition coefficient (Wildman–Crippen LogP) is 2.09. The number of furan rings is 1. The molecule has 0 amide bonds. The molecule has 0 bridgehead atoms. The molecule has 3 heterocycles. The molecule has 1 saturated heterocycles. The van der Waals surface area contributed by atoms with Crippen LogP contribution in [0.5, 0.6) is 11.5 Å². The summed E-state index contributed by atoms with van der Waals surface area (Å²) < 4.78 is 44.8. The first-order valence-corrected chi connectivity index (χ1v) is 9.94. The zero-order valence-corrected chi connectivity index (χ0v) is 15.4. The van der Waals surface area contributed by atoms with Gasteiger partial charge in [0.2, 0.25) is 0 Å². The molecule has 2 aliphatic rings. The van der Waals surface area contributed by atoms with Crippen LogP contribution in [0.25, 0.3) is 0 Å². The van der Waals surface area contributed by atoms with Crippen molar-refractivity contribution in [1.29, 1.82) is 0 Å². The molecular formula is C17H21N3O5S. The number of fused-ring (bicyclic) bond motifs is 1. The summed E-state index contributed by atoms with van der Waals surface area (Å²) in [6, 6.07) is 6.77. The number of rotatable bonds is 4. The second kappa shape index (κ2) is 6.49. The molecule has 0 spiro atoms. The van der Waals surface area contributed by atoms with E-state index < -0.39 is 10.0 Å². The Labute approximate surface area is 151 Å². The van der Waals surface area contributed by atoms with Crippen molar-refractivity contribution in [3.63, 3.8) is 0 Å². The number of aryl methyl sites for hydroxylation is 1. The molecule has 0 aliphatic carbocycles. The maximum absolute atomic E-state index is 12.8. The summed E-state index contributed by atoms with van der Waals surface area (Å²) in [6.07, 6.45) is 0.821. The van der Waals surface area contributed by atoms with Gasteiger partial charge in [0.1, 0.15) is 29.6 Å². The van der Waals surface area contributed by atoms with Crippen LogP contribution in [0.4, 0.5) is 5.69 Å². The largest absolute Gasteiger partial charge is 0.486 e. The van der Waals surface area contributed by atoms with Crippen molar-refractivity contribution < 1.29 is 22.3 Å². The maximum atomic E-state index is 12.8. The van der Waals surface area contributed by atoms with Gasteiger partial charge in [0.25, 0.3) is 10.0 Å². The van der Waals surface area contributed by atoms with Crippen LogP contribution in [0, 0.1) is 6.92 Å². The molecule has 1 fully saturated rings. The molecule has 2 atom stereocenters. The van der Waals surface area contributed by atoms with Gasteiger partial charge in [0.05, 0.1) is 11.7 Å². The summed E-state index contributed by atoms with van der Waals surface area (Å²) in [5.74, 6) is 2.08. The van der Waals surface area contributed by atoms with E-state index in [0.29, 0.717) is 48.0 Å². The minimum Gasteiger partial charge on any atom is -0.486 e. The van der Waals surface area contributed by atoms with Gasteiger partial charge in [-0.05, 0) is 32.4 Å². The first-order chi connectivity index (χ1) is 12.4.